The Labute approximate surface area is 178 Å². The van der Waals surface area contributed by atoms with Crippen LogP contribution in [0.15, 0.2) is 53.9 Å². The number of thiazole rings is 1. The Morgan fingerprint density at radius 2 is 1.81 bits per heavy atom. The van der Waals surface area contributed by atoms with Crippen LogP contribution in [0.3, 0.4) is 0 Å². The number of alkyl halides is 3. The molecule has 0 saturated carbocycles. The van der Waals surface area contributed by atoms with E-state index in [1.54, 1.807) is 0 Å². The van der Waals surface area contributed by atoms with E-state index in [9.17, 15) is 27.2 Å². The monoisotopic (exact) mass is 452 g/mol. The fourth-order valence-electron chi connectivity index (χ4n) is 2.54. The lowest BCUT2D eigenvalue weighted by Gasteiger charge is -2.15. The predicted octanol–water partition coefficient (Wildman–Crippen LogP) is 4.76. The molecule has 0 bridgehead atoms. The number of likely N-dealkylation sites (N-methyl/N-ethyl adjacent to an activating group) is 1. The molecule has 0 saturated heterocycles. The summed E-state index contributed by atoms with van der Waals surface area (Å²) in [6.45, 7) is -0.274. The quantitative estimate of drug-likeness (QED) is 0.529. The summed E-state index contributed by atoms with van der Waals surface area (Å²) >= 11 is 1.04. The van der Waals surface area contributed by atoms with Crippen molar-refractivity contribution in [1.82, 2.24) is 9.88 Å². The number of carbonyl (C=O) groups excluding carboxylic acids is 2. The average molecular weight is 452 g/mol. The summed E-state index contributed by atoms with van der Waals surface area (Å²) in [6.07, 6.45) is -4.47. The molecule has 6 nitrogen and oxygen atoms in total. The number of rotatable bonds is 6. The van der Waals surface area contributed by atoms with Gasteiger partial charge in [0.2, 0.25) is 5.91 Å². The van der Waals surface area contributed by atoms with Crippen molar-refractivity contribution in [3.8, 4) is 0 Å². The highest BCUT2D eigenvalue weighted by Crippen LogP contribution is 2.31. The van der Waals surface area contributed by atoms with E-state index in [-0.39, 0.29) is 23.1 Å². The minimum atomic E-state index is -4.47. The molecule has 2 aromatic carbocycles. The second-order valence-electron chi connectivity index (χ2n) is 6.46. The van der Waals surface area contributed by atoms with Gasteiger partial charge in [0.25, 0.3) is 5.91 Å². The van der Waals surface area contributed by atoms with E-state index < -0.39 is 29.4 Å². The number of benzene rings is 2. The second-order valence-corrected chi connectivity index (χ2v) is 7.32. The molecule has 0 spiro atoms. The molecular weight excluding hydrogens is 436 g/mol. The first-order valence-electron chi connectivity index (χ1n) is 8.82. The third kappa shape index (κ3) is 6.01. The number of carbonyl (C=O) groups is 2. The molecule has 3 rings (SSSR count). The maximum Gasteiger partial charge on any atom is 0.416 e. The zero-order chi connectivity index (χ0) is 22.6. The van der Waals surface area contributed by atoms with Crippen molar-refractivity contribution in [3.05, 3.63) is 71.0 Å². The van der Waals surface area contributed by atoms with Crippen LogP contribution in [0, 0.1) is 5.82 Å². The average Bonchev–Trinajstić information content (AvgIpc) is 3.17. The van der Waals surface area contributed by atoms with Crippen LogP contribution < -0.4 is 10.6 Å². The fourth-order valence-corrected chi connectivity index (χ4v) is 3.25. The minimum absolute atomic E-state index is 0.0385. The van der Waals surface area contributed by atoms with Gasteiger partial charge in [-0.05, 0) is 42.5 Å². The zero-order valence-electron chi connectivity index (χ0n) is 16.0. The number of amides is 2. The van der Waals surface area contributed by atoms with Crippen LogP contribution in [0.1, 0.15) is 16.1 Å². The van der Waals surface area contributed by atoms with Gasteiger partial charge in [0, 0.05) is 23.8 Å². The van der Waals surface area contributed by atoms with E-state index in [0.29, 0.717) is 5.69 Å². The molecule has 0 aliphatic heterocycles. The van der Waals surface area contributed by atoms with Gasteiger partial charge in [-0.15, -0.1) is 11.3 Å². The van der Waals surface area contributed by atoms with E-state index >= 15 is 0 Å². The Hall–Kier alpha value is -3.47. The van der Waals surface area contributed by atoms with Crippen molar-refractivity contribution in [1.29, 1.82) is 0 Å². The highest BCUT2D eigenvalue weighted by Gasteiger charge is 2.30. The van der Waals surface area contributed by atoms with Gasteiger partial charge >= 0.3 is 6.18 Å². The van der Waals surface area contributed by atoms with Gasteiger partial charge in [-0.1, -0.05) is 6.07 Å². The largest absolute Gasteiger partial charge is 0.416 e. The third-order valence-corrected chi connectivity index (χ3v) is 4.78. The summed E-state index contributed by atoms with van der Waals surface area (Å²) in [5.74, 6) is -1.47. The van der Waals surface area contributed by atoms with Crippen molar-refractivity contribution in [3.63, 3.8) is 0 Å². The smallest absolute Gasteiger partial charge is 0.332 e. The maximum absolute atomic E-state index is 12.9. The molecule has 0 unspecified atom stereocenters. The standard InChI is InChI=1S/C20H16F4N4O2S/c1-28(10-17(29)25-14-7-5-13(21)6-8-14)18(30)16-11-31-19(27-16)26-15-4-2-3-12(9-15)20(22,23)24/h2-9,11H,10H2,1H3,(H,25,29)(H,26,27). The lowest BCUT2D eigenvalue weighted by atomic mass is 10.2. The third-order valence-electron chi connectivity index (χ3n) is 4.02. The van der Waals surface area contributed by atoms with Crippen LogP contribution in [-0.2, 0) is 11.0 Å². The molecule has 2 N–H and O–H groups in total. The van der Waals surface area contributed by atoms with Gasteiger partial charge < -0.3 is 15.5 Å². The zero-order valence-corrected chi connectivity index (χ0v) is 16.9. The van der Waals surface area contributed by atoms with Crippen molar-refractivity contribution in [2.75, 3.05) is 24.2 Å². The summed E-state index contributed by atoms with van der Waals surface area (Å²) in [7, 11) is 1.41. The highest BCUT2D eigenvalue weighted by molar-refractivity contribution is 7.14. The summed E-state index contributed by atoms with van der Waals surface area (Å²) in [6, 6.07) is 9.77. The van der Waals surface area contributed by atoms with Gasteiger partial charge in [-0.3, -0.25) is 9.59 Å². The van der Waals surface area contributed by atoms with Crippen LogP contribution in [0.2, 0.25) is 0 Å². The van der Waals surface area contributed by atoms with Gasteiger partial charge in [-0.2, -0.15) is 13.2 Å². The van der Waals surface area contributed by atoms with Crippen LogP contribution >= 0.6 is 11.3 Å². The van der Waals surface area contributed by atoms with Crippen LogP contribution in [0.4, 0.5) is 34.1 Å². The number of halogens is 4. The Morgan fingerprint density at radius 1 is 1.10 bits per heavy atom. The Bertz CT molecular complexity index is 1080. The summed E-state index contributed by atoms with van der Waals surface area (Å²) < 4.78 is 51.4. The predicted molar refractivity (Wildman–Crippen MR) is 109 cm³/mol. The van der Waals surface area contributed by atoms with E-state index in [0.717, 1.165) is 28.4 Å². The summed E-state index contributed by atoms with van der Waals surface area (Å²) in [5, 5.41) is 6.94. The molecule has 0 aliphatic carbocycles. The Kier molecular flexibility index (Phi) is 6.54. The molecule has 162 valence electrons. The highest BCUT2D eigenvalue weighted by atomic mass is 32.1. The molecule has 0 atom stereocenters. The number of aromatic nitrogens is 1. The lowest BCUT2D eigenvalue weighted by molar-refractivity contribution is -0.137. The topological polar surface area (TPSA) is 74.3 Å². The SMILES string of the molecule is CN(CC(=O)Nc1ccc(F)cc1)C(=O)c1csc(Nc2cccc(C(F)(F)F)c2)n1. The molecule has 31 heavy (non-hydrogen) atoms. The van der Waals surface area contributed by atoms with Crippen molar-refractivity contribution in [2.45, 2.75) is 6.18 Å². The molecule has 11 heteroatoms. The molecule has 2 amide bonds. The summed E-state index contributed by atoms with van der Waals surface area (Å²) in [5.41, 5.74) is -0.211. The van der Waals surface area contributed by atoms with E-state index in [2.05, 4.69) is 15.6 Å². The van der Waals surface area contributed by atoms with E-state index in [4.69, 9.17) is 0 Å². The molecule has 3 aromatic rings. The number of hydrogen-bond acceptors (Lipinski definition) is 5. The lowest BCUT2D eigenvalue weighted by Crippen LogP contribution is -2.35. The van der Waals surface area contributed by atoms with E-state index in [1.807, 2.05) is 0 Å². The first-order valence-corrected chi connectivity index (χ1v) is 9.70. The van der Waals surface area contributed by atoms with E-state index in [1.165, 1.54) is 48.8 Å². The van der Waals surface area contributed by atoms with Crippen LogP contribution in [0.5, 0.6) is 0 Å². The molecule has 1 heterocycles. The number of nitrogens with one attached hydrogen (secondary N) is 2. The van der Waals surface area contributed by atoms with Crippen molar-refractivity contribution in [2.24, 2.45) is 0 Å². The van der Waals surface area contributed by atoms with Gasteiger partial charge in [0.05, 0.1) is 12.1 Å². The molecule has 0 radical (unpaired) electrons. The minimum Gasteiger partial charge on any atom is -0.332 e. The first-order chi connectivity index (χ1) is 14.6. The molecule has 1 aromatic heterocycles. The van der Waals surface area contributed by atoms with Crippen molar-refractivity contribution >= 4 is 39.7 Å². The van der Waals surface area contributed by atoms with Gasteiger partial charge in [0.1, 0.15) is 11.5 Å². The first kappa shape index (κ1) is 22.2. The van der Waals surface area contributed by atoms with Crippen LogP contribution in [0.25, 0.3) is 0 Å². The molecule has 0 fully saturated rings. The molecular formula is C20H16F4N4O2S. The Balaban J connectivity index is 1.60. The maximum atomic E-state index is 12.9. The summed E-state index contributed by atoms with van der Waals surface area (Å²) in [4.78, 5) is 29.8. The number of nitrogens with zero attached hydrogens (tertiary/aromatic N) is 2. The second kappa shape index (κ2) is 9.13. The normalized spacial score (nSPS) is 11.1. The fraction of sp³-hybridized carbons (Fsp3) is 0.150. The van der Waals surface area contributed by atoms with Gasteiger partial charge in [0.15, 0.2) is 5.13 Å². The number of hydrogen-bond donors (Lipinski definition) is 2. The van der Waals surface area contributed by atoms with Gasteiger partial charge in [-0.25, -0.2) is 9.37 Å². The Morgan fingerprint density at radius 3 is 2.48 bits per heavy atom. The van der Waals surface area contributed by atoms with Crippen LogP contribution in [-0.4, -0.2) is 35.3 Å². The molecule has 0 aliphatic rings. The number of anilines is 3. The van der Waals surface area contributed by atoms with Crippen molar-refractivity contribution < 1.29 is 27.2 Å².